The number of esters is 1. The lowest BCUT2D eigenvalue weighted by Gasteiger charge is -2.06. The van der Waals surface area contributed by atoms with Crippen LogP contribution in [0.3, 0.4) is 0 Å². The van der Waals surface area contributed by atoms with Gasteiger partial charge in [-0.05, 0) is 35.9 Å². The van der Waals surface area contributed by atoms with Crippen LogP contribution in [0.2, 0.25) is 0 Å². The minimum atomic E-state index is -0.661. The predicted molar refractivity (Wildman–Crippen MR) is 95.9 cm³/mol. The molecule has 1 aromatic heterocycles. The van der Waals surface area contributed by atoms with Gasteiger partial charge in [-0.3, -0.25) is 0 Å². The Hall–Kier alpha value is -3.61. The second-order valence-corrected chi connectivity index (χ2v) is 5.61. The lowest BCUT2D eigenvalue weighted by molar-refractivity contribution is -0.138. The van der Waals surface area contributed by atoms with Gasteiger partial charge < -0.3 is 19.0 Å². The highest BCUT2D eigenvalue weighted by molar-refractivity contribution is 5.87. The van der Waals surface area contributed by atoms with Gasteiger partial charge in [-0.1, -0.05) is 6.07 Å². The molecule has 6 nitrogen and oxygen atoms in total. The number of benzene rings is 2. The van der Waals surface area contributed by atoms with Gasteiger partial charge in [-0.2, -0.15) is 0 Å². The highest BCUT2D eigenvalue weighted by Gasteiger charge is 2.09. The van der Waals surface area contributed by atoms with Gasteiger partial charge >= 0.3 is 11.6 Å². The van der Waals surface area contributed by atoms with Crippen LogP contribution in [0.15, 0.2) is 57.8 Å². The minimum Gasteiger partial charge on any atom is -0.508 e. The molecule has 0 atom stereocenters. The normalized spacial score (nSPS) is 11.0. The molecule has 0 spiro atoms. The number of phenolic OH excluding ortho intramolecular Hbond substituents is 1. The van der Waals surface area contributed by atoms with Gasteiger partial charge in [0.05, 0.1) is 7.11 Å². The van der Waals surface area contributed by atoms with E-state index >= 15 is 0 Å². The highest BCUT2D eigenvalue weighted by Crippen LogP contribution is 2.22. The summed E-state index contributed by atoms with van der Waals surface area (Å²) in [5.74, 6) is -1.14. The summed E-state index contributed by atoms with van der Waals surface area (Å²) >= 11 is 0. The first-order valence-electron chi connectivity index (χ1n) is 7.90. The third-order valence-corrected chi connectivity index (χ3v) is 3.77. The second-order valence-electron chi connectivity index (χ2n) is 5.61. The largest absolute Gasteiger partial charge is 0.508 e. The van der Waals surface area contributed by atoms with E-state index < -0.39 is 17.4 Å². The summed E-state index contributed by atoms with van der Waals surface area (Å²) in [6, 6.07) is 9.79. The van der Waals surface area contributed by atoms with Gasteiger partial charge in [0.2, 0.25) is 0 Å². The number of hydrogen-bond donors (Lipinski definition) is 1. The SMILES string of the molecule is COc1ccc(/C=C/C(=O)OCc2cc(=O)oc3cc(O)ccc23)cc1F. The van der Waals surface area contributed by atoms with Crippen molar-refractivity contribution in [3.05, 3.63) is 75.9 Å². The number of rotatable bonds is 5. The number of carbonyl (C=O) groups is 1. The van der Waals surface area contributed by atoms with Crippen molar-refractivity contribution in [2.45, 2.75) is 6.61 Å². The van der Waals surface area contributed by atoms with E-state index in [0.29, 0.717) is 16.5 Å². The molecule has 0 bridgehead atoms. The highest BCUT2D eigenvalue weighted by atomic mass is 19.1. The molecule has 0 aliphatic heterocycles. The molecule has 3 aromatic rings. The van der Waals surface area contributed by atoms with Crippen LogP contribution in [-0.2, 0) is 16.1 Å². The van der Waals surface area contributed by atoms with Gasteiger partial charge in [0.1, 0.15) is 17.9 Å². The van der Waals surface area contributed by atoms with E-state index in [1.165, 1.54) is 43.5 Å². The van der Waals surface area contributed by atoms with Crippen LogP contribution >= 0.6 is 0 Å². The summed E-state index contributed by atoms with van der Waals surface area (Å²) in [5.41, 5.74) is 0.478. The van der Waals surface area contributed by atoms with Crippen molar-refractivity contribution in [1.82, 2.24) is 0 Å². The molecule has 0 saturated heterocycles. The molecule has 0 fully saturated rings. The quantitative estimate of drug-likeness (QED) is 0.421. The Kier molecular flexibility index (Phi) is 5.21. The van der Waals surface area contributed by atoms with Gasteiger partial charge in [0, 0.05) is 29.2 Å². The number of ether oxygens (including phenoxy) is 2. The fraction of sp³-hybridized carbons (Fsp3) is 0.100. The molecular formula is C20H15FO6. The monoisotopic (exact) mass is 370 g/mol. The zero-order valence-electron chi connectivity index (χ0n) is 14.3. The fourth-order valence-electron chi connectivity index (χ4n) is 2.49. The molecule has 0 amide bonds. The molecule has 7 heteroatoms. The summed E-state index contributed by atoms with van der Waals surface area (Å²) in [6.07, 6.45) is 2.56. The maximum Gasteiger partial charge on any atom is 0.336 e. The molecule has 0 saturated carbocycles. The first-order valence-corrected chi connectivity index (χ1v) is 7.90. The van der Waals surface area contributed by atoms with E-state index in [-0.39, 0.29) is 23.7 Å². The van der Waals surface area contributed by atoms with Gasteiger partial charge in [-0.15, -0.1) is 0 Å². The Morgan fingerprint density at radius 3 is 2.78 bits per heavy atom. The summed E-state index contributed by atoms with van der Waals surface area (Å²) < 4.78 is 28.6. The van der Waals surface area contributed by atoms with Crippen molar-refractivity contribution in [1.29, 1.82) is 0 Å². The van der Waals surface area contributed by atoms with E-state index in [1.54, 1.807) is 12.1 Å². The van der Waals surface area contributed by atoms with Crippen molar-refractivity contribution in [3.63, 3.8) is 0 Å². The predicted octanol–water partition coefficient (Wildman–Crippen LogP) is 3.40. The van der Waals surface area contributed by atoms with Gasteiger partial charge in [0.15, 0.2) is 11.6 Å². The number of fused-ring (bicyclic) bond motifs is 1. The average molecular weight is 370 g/mol. The smallest absolute Gasteiger partial charge is 0.336 e. The topological polar surface area (TPSA) is 86.0 Å². The molecule has 1 N–H and O–H groups in total. The Labute approximate surface area is 153 Å². The molecule has 1 heterocycles. The molecule has 0 aliphatic rings. The van der Waals surface area contributed by atoms with Gasteiger partial charge in [-0.25, -0.2) is 14.0 Å². The lowest BCUT2D eigenvalue weighted by Crippen LogP contribution is -2.05. The molecule has 2 aromatic carbocycles. The Balaban J connectivity index is 1.71. The van der Waals surface area contributed by atoms with E-state index in [9.17, 15) is 19.1 Å². The van der Waals surface area contributed by atoms with Crippen molar-refractivity contribution in [2.75, 3.05) is 7.11 Å². The first-order chi connectivity index (χ1) is 13.0. The van der Waals surface area contributed by atoms with E-state index in [1.807, 2.05) is 0 Å². The second kappa shape index (κ2) is 7.74. The van der Waals surface area contributed by atoms with Crippen LogP contribution in [-0.4, -0.2) is 18.2 Å². The lowest BCUT2D eigenvalue weighted by atomic mass is 10.1. The van der Waals surface area contributed by atoms with Crippen molar-refractivity contribution >= 4 is 23.0 Å². The van der Waals surface area contributed by atoms with E-state index in [2.05, 4.69) is 0 Å². The number of phenols is 1. The number of halogens is 1. The van der Waals surface area contributed by atoms with Crippen LogP contribution in [0.4, 0.5) is 4.39 Å². The molecule has 0 unspecified atom stereocenters. The Bertz CT molecular complexity index is 1080. The molecule has 0 aliphatic carbocycles. The van der Waals surface area contributed by atoms with Crippen molar-refractivity contribution in [2.24, 2.45) is 0 Å². The third kappa shape index (κ3) is 4.33. The maximum absolute atomic E-state index is 13.6. The maximum atomic E-state index is 13.6. The Morgan fingerprint density at radius 1 is 1.22 bits per heavy atom. The zero-order valence-corrected chi connectivity index (χ0v) is 14.3. The molecular weight excluding hydrogens is 355 g/mol. The number of methoxy groups -OCH3 is 1. The summed E-state index contributed by atoms with van der Waals surface area (Å²) in [6.45, 7) is -0.160. The van der Waals surface area contributed by atoms with Crippen molar-refractivity contribution in [3.8, 4) is 11.5 Å². The summed E-state index contributed by atoms with van der Waals surface area (Å²) in [7, 11) is 1.36. The average Bonchev–Trinajstić information content (AvgIpc) is 2.64. The minimum absolute atomic E-state index is 0.0468. The van der Waals surface area contributed by atoms with Crippen LogP contribution in [0.5, 0.6) is 11.5 Å². The summed E-state index contributed by atoms with van der Waals surface area (Å²) in [5, 5.41) is 10.0. The van der Waals surface area contributed by atoms with Crippen LogP contribution in [0.25, 0.3) is 17.0 Å². The van der Waals surface area contributed by atoms with E-state index in [4.69, 9.17) is 13.9 Å². The van der Waals surface area contributed by atoms with Crippen LogP contribution in [0.1, 0.15) is 11.1 Å². The van der Waals surface area contributed by atoms with Crippen LogP contribution < -0.4 is 10.4 Å². The number of aromatic hydroxyl groups is 1. The molecule has 138 valence electrons. The fourth-order valence-corrected chi connectivity index (χ4v) is 2.49. The Morgan fingerprint density at radius 2 is 2.04 bits per heavy atom. The van der Waals surface area contributed by atoms with Crippen molar-refractivity contribution < 1.29 is 28.2 Å². The van der Waals surface area contributed by atoms with E-state index in [0.717, 1.165) is 6.08 Å². The summed E-state index contributed by atoms with van der Waals surface area (Å²) in [4.78, 5) is 23.5. The molecule has 27 heavy (non-hydrogen) atoms. The van der Waals surface area contributed by atoms with Gasteiger partial charge in [0.25, 0.3) is 0 Å². The molecule has 0 radical (unpaired) electrons. The zero-order chi connectivity index (χ0) is 19.4. The number of hydrogen-bond acceptors (Lipinski definition) is 6. The van der Waals surface area contributed by atoms with Crippen LogP contribution in [0, 0.1) is 5.82 Å². The number of carbonyl (C=O) groups excluding carboxylic acids is 1. The standard InChI is InChI=1S/C20H15FO6/c1-25-17-6-2-12(8-16(17)21)3-7-19(23)26-11-13-9-20(24)27-18-10-14(22)4-5-15(13)18/h2-10,22H,11H2,1H3/b7-3+. The first kappa shape index (κ1) is 18.2. The molecule has 3 rings (SSSR count). The third-order valence-electron chi connectivity index (χ3n) is 3.77.